The molecule has 0 bridgehead atoms. The molecule has 0 saturated carbocycles. The van der Waals surface area contributed by atoms with Crippen LogP contribution in [0.15, 0.2) is 41.0 Å². The lowest BCUT2D eigenvalue weighted by molar-refractivity contribution is 0.749. The van der Waals surface area contributed by atoms with E-state index < -0.39 is 0 Å². The predicted molar refractivity (Wildman–Crippen MR) is 86.7 cm³/mol. The maximum atomic E-state index is 4.66. The molecule has 19 heavy (non-hydrogen) atoms. The Kier molecular flexibility index (Phi) is 4.76. The molecule has 1 nitrogen and oxygen atoms in total. The van der Waals surface area contributed by atoms with Gasteiger partial charge in [-0.2, -0.15) is 0 Å². The van der Waals surface area contributed by atoms with Crippen LogP contribution in [-0.2, 0) is 0 Å². The zero-order chi connectivity index (χ0) is 13.8. The molecule has 1 aromatic rings. The van der Waals surface area contributed by atoms with Gasteiger partial charge in [0.15, 0.2) is 0 Å². The molecular weight excluding hydrogens is 250 g/mol. The van der Waals surface area contributed by atoms with Crippen LogP contribution in [0.5, 0.6) is 0 Å². The Hall–Kier alpha value is -1.15. The Bertz CT molecular complexity index is 514. The Morgan fingerprint density at radius 1 is 1.32 bits per heavy atom. The summed E-state index contributed by atoms with van der Waals surface area (Å²) in [7, 11) is 0. The highest BCUT2D eigenvalue weighted by molar-refractivity contribution is 7.84. The molecule has 1 aliphatic carbocycles. The van der Waals surface area contributed by atoms with Crippen LogP contribution in [0.1, 0.15) is 42.4 Å². The summed E-state index contributed by atoms with van der Waals surface area (Å²) in [5, 5.41) is 3.43. The molecule has 1 unspecified atom stereocenters. The fourth-order valence-corrected chi connectivity index (χ4v) is 2.92. The monoisotopic (exact) mass is 273 g/mol. The molecule has 0 fully saturated rings. The second-order valence-corrected chi connectivity index (χ2v) is 5.86. The molecule has 1 aliphatic rings. The van der Waals surface area contributed by atoms with Gasteiger partial charge in [0.2, 0.25) is 0 Å². The van der Waals surface area contributed by atoms with Crippen LogP contribution in [0.25, 0.3) is 0 Å². The number of hydrogen-bond donors (Lipinski definition) is 2. The van der Waals surface area contributed by atoms with Crippen molar-refractivity contribution in [1.29, 1.82) is 0 Å². The lowest BCUT2D eigenvalue weighted by Crippen LogP contribution is -2.17. The van der Waals surface area contributed by atoms with E-state index in [1.807, 2.05) is 0 Å². The summed E-state index contributed by atoms with van der Waals surface area (Å²) >= 11 is 4.66. The molecule has 0 spiro atoms. The quantitative estimate of drug-likeness (QED) is 0.770. The molecule has 2 heteroatoms. The number of allylic oxidation sites excluding steroid dienone is 3. The molecule has 2 rings (SSSR count). The summed E-state index contributed by atoms with van der Waals surface area (Å²) in [6.45, 7) is 7.53. The number of hydrogen-bond acceptors (Lipinski definition) is 2. The van der Waals surface area contributed by atoms with Crippen molar-refractivity contribution < 1.29 is 0 Å². The van der Waals surface area contributed by atoms with E-state index in [9.17, 15) is 0 Å². The number of nitrogens with one attached hydrogen (secondary N) is 1. The minimum atomic E-state index is 0.459. The van der Waals surface area contributed by atoms with E-state index in [-0.39, 0.29) is 0 Å². The van der Waals surface area contributed by atoms with Crippen molar-refractivity contribution in [3.05, 3.63) is 57.6 Å². The van der Waals surface area contributed by atoms with Crippen LogP contribution in [0, 0.1) is 13.8 Å². The zero-order valence-corrected chi connectivity index (χ0v) is 12.9. The number of aryl methyl sites for hydroxylation is 2. The van der Waals surface area contributed by atoms with E-state index in [2.05, 4.69) is 69.1 Å². The molecule has 0 aromatic heterocycles. The van der Waals surface area contributed by atoms with E-state index in [1.54, 1.807) is 0 Å². The van der Waals surface area contributed by atoms with Crippen LogP contribution in [0.4, 0.5) is 0 Å². The Labute approximate surface area is 122 Å². The van der Waals surface area contributed by atoms with Gasteiger partial charge < -0.3 is 5.32 Å². The van der Waals surface area contributed by atoms with E-state index in [1.165, 1.54) is 27.3 Å². The normalized spacial score (nSPS) is 18.8. The fourth-order valence-electron chi connectivity index (χ4n) is 2.57. The third-order valence-electron chi connectivity index (χ3n) is 3.61. The van der Waals surface area contributed by atoms with Crippen molar-refractivity contribution >= 4 is 12.6 Å². The minimum absolute atomic E-state index is 0.459. The molecule has 1 aromatic carbocycles. The first-order valence-corrected chi connectivity index (χ1v) is 7.48. The molecule has 0 radical (unpaired) electrons. The SMILES string of the molecule is CCCNC1=C(S)CC(c2ccc(C)cc2C)C=C1. The summed E-state index contributed by atoms with van der Waals surface area (Å²) in [4.78, 5) is 1.17. The summed E-state index contributed by atoms with van der Waals surface area (Å²) < 4.78 is 0. The summed E-state index contributed by atoms with van der Waals surface area (Å²) in [5.74, 6) is 0.459. The molecule has 0 heterocycles. The predicted octanol–water partition coefficient (Wildman–Crippen LogP) is 4.49. The maximum Gasteiger partial charge on any atom is 0.0431 e. The molecule has 102 valence electrons. The van der Waals surface area contributed by atoms with E-state index in [0.29, 0.717) is 5.92 Å². The molecule has 0 amide bonds. The van der Waals surface area contributed by atoms with Gasteiger partial charge in [-0.25, -0.2) is 0 Å². The molecular formula is C17H23NS. The van der Waals surface area contributed by atoms with Gasteiger partial charge in [-0.1, -0.05) is 36.8 Å². The first kappa shape index (κ1) is 14.3. The van der Waals surface area contributed by atoms with Gasteiger partial charge in [-0.05, 0) is 43.9 Å². The third-order valence-corrected chi connectivity index (χ3v) is 4.03. The van der Waals surface area contributed by atoms with Gasteiger partial charge in [0.05, 0.1) is 0 Å². The summed E-state index contributed by atoms with van der Waals surface area (Å²) in [6.07, 6.45) is 6.62. The van der Waals surface area contributed by atoms with E-state index in [0.717, 1.165) is 19.4 Å². The van der Waals surface area contributed by atoms with Crippen molar-refractivity contribution in [2.45, 2.75) is 39.5 Å². The molecule has 0 saturated heterocycles. The van der Waals surface area contributed by atoms with Crippen LogP contribution in [0.3, 0.4) is 0 Å². The second-order valence-electron chi connectivity index (χ2n) is 5.32. The van der Waals surface area contributed by atoms with E-state index in [4.69, 9.17) is 0 Å². The lowest BCUT2D eigenvalue weighted by atomic mass is 9.88. The van der Waals surface area contributed by atoms with Gasteiger partial charge in [0.25, 0.3) is 0 Å². The van der Waals surface area contributed by atoms with Crippen molar-refractivity contribution in [1.82, 2.24) is 5.32 Å². The standard InChI is InChI=1S/C17H23NS/c1-4-9-18-16-8-6-14(11-17(16)19)15-7-5-12(2)10-13(15)3/h5-8,10,14,18-19H,4,9,11H2,1-3H3. The fraction of sp³-hybridized carbons (Fsp3) is 0.412. The lowest BCUT2D eigenvalue weighted by Gasteiger charge is -2.22. The van der Waals surface area contributed by atoms with Crippen LogP contribution >= 0.6 is 12.6 Å². The maximum absolute atomic E-state index is 4.66. The summed E-state index contributed by atoms with van der Waals surface area (Å²) in [6, 6.07) is 6.71. The second kappa shape index (κ2) is 6.33. The van der Waals surface area contributed by atoms with Gasteiger partial charge in [0.1, 0.15) is 0 Å². The van der Waals surface area contributed by atoms with Crippen molar-refractivity contribution in [3.8, 4) is 0 Å². The number of thiol groups is 1. The minimum Gasteiger partial charge on any atom is -0.384 e. The largest absolute Gasteiger partial charge is 0.384 e. The van der Waals surface area contributed by atoms with Crippen LogP contribution in [-0.4, -0.2) is 6.54 Å². The Balaban J connectivity index is 2.14. The van der Waals surface area contributed by atoms with Crippen LogP contribution in [0.2, 0.25) is 0 Å². The van der Waals surface area contributed by atoms with Crippen LogP contribution < -0.4 is 5.32 Å². The topological polar surface area (TPSA) is 12.0 Å². The summed E-state index contributed by atoms with van der Waals surface area (Å²) in [5.41, 5.74) is 5.31. The molecule has 1 N–H and O–H groups in total. The third kappa shape index (κ3) is 3.44. The Morgan fingerprint density at radius 2 is 2.11 bits per heavy atom. The average molecular weight is 273 g/mol. The van der Waals surface area contributed by atoms with E-state index >= 15 is 0 Å². The van der Waals surface area contributed by atoms with Gasteiger partial charge in [-0.3, -0.25) is 0 Å². The highest BCUT2D eigenvalue weighted by Crippen LogP contribution is 2.34. The van der Waals surface area contributed by atoms with Gasteiger partial charge >= 0.3 is 0 Å². The first-order chi connectivity index (χ1) is 9.11. The first-order valence-electron chi connectivity index (χ1n) is 7.03. The number of rotatable bonds is 4. The van der Waals surface area contributed by atoms with Gasteiger partial charge in [0, 0.05) is 23.1 Å². The van der Waals surface area contributed by atoms with Crippen molar-refractivity contribution in [2.75, 3.05) is 6.54 Å². The average Bonchev–Trinajstić information content (AvgIpc) is 2.37. The van der Waals surface area contributed by atoms with Crippen molar-refractivity contribution in [2.24, 2.45) is 0 Å². The van der Waals surface area contributed by atoms with Gasteiger partial charge in [-0.15, -0.1) is 12.6 Å². The Morgan fingerprint density at radius 3 is 2.74 bits per heavy atom. The molecule has 1 atom stereocenters. The molecule has 0 aliphatic heterocycles. The number of benzene rings is 1. The highest BCUT2D eigenvalue weighted by atomic mass is 32.1. The smallest absolute Gasteiger partial charge is 0.0431 e. The van der Waals surface area contributed by atoms with Crippen molar-refractivity contribution in [3.63, 3.8) is 0 Å². The highest BCUT2D eigenvalue weighted by Gasteiger charge is 2.17. The zero-order valence-electron chi connectivity index (χ0n) is 12.0.